The van der Waals surface area contributed by atoms with Gasteiger partial charge in [0.2, 0.25) is 0 Å². The highest BCUT2D eigenvalue weighted by Crippen LogP contribution is 2.08. The average Bonchev–Trinajstić information content (AvgIpc) is 2.53. The first-order chi connectivity index (χ1) is 11.7. The Bertz CT molecular complexity index is 478. The zero-order chi connectivity index (χ0) is 17.6. The monoisotopic (exact) mass is 343 g/mol. The van der Waals surface area contributed by atoms with E-state index in [-0.39, 0.29) is 0 Å². The highest BCUT2D eigenvalue weighted by molar-refractivity contribution is 5.79. The van der Waals surface area contributed by atoms with Crippen molar-refractivity contribution < 1.29 is 18.3 Å². The number of methoxy groups -OCH3 is 1. The summed E-state index contributed by atoms with van der Waals surface area (Å²) in [6.45, 7) is 5.71. The third kappa shape index (κ3) is 9.42. The maximum Gasteiger partial charge on any atom is 0.191 e. The van der Waals surface area contributed by atoms with Gasteiger partial charge >= 0.3 is 0 Å². The van der Waals surface area contributed by atoms with Gasteiger partial charge in [-0.15, -0.1) is 0 Å². The van der Waals surface area contributed by atoms with E-state index in [2.05, 4.69) is 15.6 Å². The number of halogens is 2. The molecule has 0 fully saturated rings. The maximum atomic E-state index is 13.1. The third-order valence-corrected chi connectivity index (χ3v) is 3.12. The number of hydrogen-bond acceptors (Lipinski definition) is 3. The van der Waals surface area contributed by atoms with Crippen molar-refractivity contribution in [2.45, 2.75) is 19.8 Å². The van der Waals surface area contributed by atoms with E-state index in [0.717, 1.165) is 19.0 Å². The molecule has 1 aromatic carbocycles. The van der Waals surface area contributed by atoms with E-state index in [1.54, 1.807) is 7.11 Å². The van der Waals surface area contributed by atoms with Gasteiger partial charge in [0.15, 0.2) is 5.96 Å². The zero-order valence-electron chi connectivity index (χ0n) is 14.4. The van der Waals surface area contributed by atoms with Crippen LogP contribution in [0.2, 0.25) is 0 Å². The van der Waals surface area contributed by atoms with Crippen LogP contribution in [0.15, 0.2) is 23.2 Å². The molecule has 0 saturated carbocycles. The molecule has 1 rings (SSSR count). The van der Waals surface area contributed by atoms with Gasteiger partial charge in [-0.1, -0.05) is 0 Å². The second-order valence-corrected chi connectivity index (χ2v) is 5.17. The molecule has 0 unspecified atom stereocenters. The van der Waals surface area contributed by atoms with Gasteiger partial charge in [0, 0.05) is 39.4 Å². The molecule has 5 nitrogen and oxygen atoms in total. The van der Waals surface area contributed by atoms with Crippen LogP contribution in [0.25, 0.3) is 0 Å². The van der Waals surface area contributed by atoms with Crippen molar-refractivity contribution in [2.75, 3.05) is 46.6 Å². The molecular formula is C17H27F2N3O2. The summed E-state index contributed by atoms with van der Waals surface area (Å²) in [4.78, 5) is 4.43. The highest BCUT2D eigenvalue weighted by atomic mass is 19.1. The first kappa shape index (κ1) is 20.3. The molecule has 0 amide bonds. The third-order valence-electron chi connectivity index (χ3n) is 3.12. The number of benzene rings is 1. The fourth-order valence-electron chi connectivity index (χ4n) is 2.02. The second kappa shape index (κ2) is 12.7. The standard InChI is InChI=1S/C17H27F2N3O2/c1-3-20-17(21-6-4-8-24-10-9-23-2)22-7-5-14-11-15(18)13-16(19)12-14/h11-13H,3-10H2,1-2H3,(H2,20,21,22). The molecule has 0 heterocycles. The van der Waals surface area contributed by atoms with Crippen LogP contribution in [0.5, 0.6) is 0 Å². The Hall–Kier alpha value is -1.73. The van der Waals surface area contributed by atoms with Crippen LogP contribution in [-0.2, 0) is 15.9 Å². The summed E-state index contributed by atoms with van der Waals surface area (Å²) < 4.78 is 36.5. The van der Waals surface area contributed by atoms with Gasteiger partial charge < -0.3 is 20.1 Å². The van der Waals surface area contributed by atoms with E-state index < -0.39 is 11.6 Å². The van der Waals surface area contributed by atoms with Crippen molar-refractivity contribution in [1.29, 1.82) is 0 Å². The molecule has 0 aliphatic carbocycles. The Labute approximate surface area is 142 Å². The summed E-state index contributed by atoms with van der Waals surface area (Å²) in [7, 11) is 1.64. The molecule has 136 valence electrons. The van der Waals surface area contributed by atoms with Crippen molar-refractivity contribution >= 4 is 5.96 Å². The van der Waals surface area contributed by atoms with Crippen molar-refractivity contribution in [3.63, 3.8) is 0 Å². The van der Waals surface area contributed by atoms with Crippen LogP contribution >= 0.6 is 0 Å². The van der Waals surface area contributed by atoms with Crippen LogP contribution in [0.3, 0.4) is 0 Å². The Morgan fingerprint density at radius 1 is 1.08 bits per heavy atom. The normalized spacial score (nSPS) is 11.6. The van der Waals surface area contributed by atoms with E-state index in [9.17, 15) is 8.78 Å². The molecule has 24 heavy (non-hydrogen) atoms. The molecule has 0 saturated heterocycles. The molecule has 7 heteroatoms. The van der Waals surface area contributed by atoms with Gasteiger partial charge in [0.25, 0.3) is 0 Å². The van der Waals surface area contributed by atoms with Gasteiger partial charge in [0.1, 0.15) is 11.6 Å². The number of ether oxygens (including phenoxy) is 2. The second-order valence-electron chi connectivity index (χ2n) is 5.17. The SMILES string of the molecule is CCNC(=NCCCOCCOC)NCCc1cc(F)cc(F)c1. The average molecular weight is 343 g/mol. The quantitative estimate of drug-likeness (QED) is 0.367. The zero-order valence-corrected chi connectivity index (χ0v) is 14.4. The molecular weight excluding hydrogens is 316 g/mol. The van der Waals surface area contributed by atoms with E-state index in [4.69, 9.17) is 9.47 Å². The number of aliphatic imine (C=N–C) groups is 1. The lowest BCUT2D eigenvalue weighted by molar-refractivity contribution is 0.0702. The Kier molecular flexibility index (Phi) is 10.7. The fraction of sp³-hybridized carbons (Fsp3) is 0.588. The van der Waals surface area contributed by atoms with E-state index >= 15 is 0 Å². The fourth-order valence-corrected chi connectivity index (χ4v) is 2.02. The topological polar surface area (TPSA) is 54.9 Å². The van der Waals surface area contributed by atoms with Crippen molar-refractivity contribution in [3.8, 4) is 0 Å². The van der Waals surface area contributed by atoms with Crippen molar-refractivity contribution in [2.24, 2.45) is 4.99 Å². The molecule has 0 aliphatic heterocycles. The maximum absolute atomic E-state index is 13.1. The molecule has 2 N–H and O–H groups in total. The smallest absolute Gasteiger partial charge is 0.191 e. The van der Waals surface area contributed by atoms with Crippen LogP contribution in [0, 0.1) is 11.6 Å². The molecule has 0 aliphatic rings. The van der Waals surface area contributed by atoms with Gasteiger partial charge in [-0.25, -0.2) is 8.78 Å². The van der Waals surface area contributed by atoms with Crippen molar-refractivity contribution in [1.82, 2.24) is 10.6 Å². The number of nitrogens with zero attached hydrogens (tertiary/aromatic N) is 1. The lowest BCUT2D eigenvalue weighted by Gasteiger charge is -2.11. The lowest BCUT2D eigenvalue weighted by atomic mass is 10.1. The highest BCUT2D eigenvalue weighted by Gasteiger charge is 2.02. The van der Waals surface area contributed by atoms with Gasteiger partial charge in [-0.2, -0.15) is 0 Å². The Balaban J connectivity index is 2.30. The number of hydrogen-bond donors (Lipinski definition) is 2. The molecule has 0 spiro atoms. The summed E-state index contributed by atoms with van der Waals surface area (Å²) in [5, 5.41) is 6.29. The van der Waals surface area contributed by atoms with E-state index in [1.165, 1.54) is 12.1 Å². The van der Waals surface area contributed by atoms with Crippen LogP contribution in [0.4, 0.5) is 8.78 Å². The summed E-state index contributed by atoms with van der Waals surface area (Å²) >= 11 is 0. The number of rotatable bonds is 11. The Morgan fingerprint density at radius 2 is 1.83 bits per heavy atom. The summed E-state index contributed by atoms with van der Waals surface area (Å²) in [5.74, 6) is -0.427. The largest absolute Gasteiger partial charge is 0.382 e. The minimum absolute atomic E-state index is 0.513. The Morgan fingerprint density at radius 3 is 2.50 bits per heavy atom. The molecule has 0 atom stereocenters. The first-order valence-electron chi connectivity index (χ1n) is 8.19. The van der Waals surface area contributed by atoms with Crippen LogP contribution in [0.1, 0.15) is 18.9 Å². The minimum Gasteiger partial charge on any atom is -0.382 e. The molecule has 0 radical (unpaired) electrons. The van der Waals surface area contributed by atoms with E-state index in [1.807, 2.05) is 6.92 Å². The lowest BCUT2D eigenvalue weighted by Crippen LogP contribution is -2.38. The predicted octanol–water partition coefficient (Wildman–Crippen LogP) is 2.12. The van der Waals surface area contributed by atoms with Crippen LogP contribution < -0.4 is 10.6 Å². The summed E-state index contributed by atoms with van der Waals surface area (Å²) in [6, 6.07) is 3.55. The van der Waals surface area contributed by atoms with E-state index in [0.29, 0.717) is 50.9 Å². The molecule has 0 aromatic heterocycles. The van der Waals surface area contributed by atoms with Gasteiger partial charge in [-0.05, 0) is 37.5 Å². The summed E-state index contributed by atoms with van der Waals surface area (Å²) in [6.07, 6.45) is 1.33. The summed E-state index contributed by atoms with van der Waals surface area (Å²) in [5.41, 5.74) is 0.613. The molecule has 1 aromatic rings. The molecule has 0 bridgehead atoms. The van der Waals surface area contributed by atoms with Gasteiger partial charge in [-0.3, -0.25) is 4.99 Å². The van der Waals surface area contributed by atoms with Crippen molar-refractivity contribution in [3.05, 3.63) is 35.4 Å². The van der Waals surface area contributed by atoms with Gasteiger partial charge in [0.05, 0.1) is 13.2 Å². The minimum atomic E-state index is -0.556. The first-order valence-corrected chi connectivity index (χ1v) is 8.19. The number of guanidine groups is 1. The van der Waals surface area contributed by atoms with Crippen LogP contribution in [-0.4, -0.2) is 52.5 Å². The predicted molar refractivity (Wildman–Crippen MR) is 91.4 cm³/mol. The number of nitrogens with one attached hydrogen (secondary N) is 2.